The summed E-state index contributed by atoms with van der Waals surface area (Å²) in [5.74, 6) is 6.91. The molecule has 2 aromatic rings. The molecule has 1 unspecified atom stereocenters. The normalized spacial score (nSPS) is 12.4. The monoisotopic (exact) mass is 291 g/mol. The molecule has 2 rings (SSSR count). The molecule has 0 aliphatic rings. The Kier molecular flexibility index (Phi) is 5.32. The van der Waals surface area contributed by atoms with Crippen molar-refractivity contribution in [1.82, 2.24) is 4.98 Å². The lowest BCUT2D eigenvalue weighted by Crippen LogP contribution is -2.16. The quantitative estimate of drug-likeness (QED) is 0.600. The number of methoxy groups -OCH3 is 2. The van der Waals surface area contributed by atoms with Gasteiger partial charge in [0.1, 0.15) is 11.6 Å². The second kappa shape index (κ2) is 7.21. The third-order valence-corrected chi connectivity index (χ3v) is 3.17. The number of aromatic nitrogens is 1. The van der Waals surface area contributed by atoms with Gasteiger partial charge in [0, 0.05) is 24.1 Å². The van der Waals surface area contributed by atoms with E-state index in [0.29, 0.717) is 19.0 Å². The van der Waals surface area contributed by atoms with Crippen molar-refractivity contribution in [3.8, 4) is 5.75 Å². The molecule has 0 aliphatic carbocycles. The topological polar surface area (TPSA) is 78.6 Å². The minimum atomic E-state index is 0.00666. The first-order valence-electron chi connectivity index (χ1n) is 6.72. The number of nitrogens with two attached hydrogens (primary N) is 1. The van der Waals surface area contributed by atoms with Gasteiger partial charge in [-0.1, -0.05) is 0 Å². The van der Waals surface area contributed by atoms with Crippen LogP contribution < -0.4 is 16.0 Å². The van der Waals surface area contributed by atoms with Crippen molar-refractivity contribution in [2.45, 2.75) is 19.6 Å². The average molecular weight is 291 g/mol. The number of nitrogen functional groups attached to an aromatic ring is 1. The molecule has 114 valence electrons. The first-order chi connectivity index (χ1) is 10.2. The number of ether oxygens (including phenoxy) is 3. The Morgan fingerprint density at radius 1 is 1.29 bits per heavy atom. The smallest absolute Gasteiger partial charge is 0.146 e. The van der Waals surface area contributed by atoms with Crippen LogP contribution in [0.15, 0.2) is 24.3 Å². The fourth-order valence-corrected chi connectivity index (χ4v) is 2.07. The van der Waals surface area contributed by atoms with Crippen LogP contribution in [0.1, 0.15) is 12.5 Å². The molecule has 21 heavy (non-hydrogen) atoms. The molecule has 3 N–H and O–H groups in total. The zero-order valence-electron chi connectivity index (χ0n) is 12.6. The molecule has 0 radical (unpaired) electrons. The van der Waals surface area contributed by atoms with E-state index in [0.717, 1.165) is 22.2 Å². The summed E-state index contributed by atoms with van der Waals surface area (Å²) < 4.78 is 16.0. The van der Waals surface area contributed by atoms with E-state index in [9.17, 15) is 0 Å². The number of pyridine rings is 1. The SMILES string of the molecule is COCC(C)OCc1cc2ccc(OC)cc2nc1NN. The maximum absolute atomic E-state index is 5.72. The molecule has 0 fully saturated rings. The van der Waals surface area contributed by atoms with Crippen molar-refractivity contribution in [1.29, 1.82) is 0 Å². The number of hydrogen-bond acceptors (Lipinski definition) is 6. The van der Waals surface area contributed by atoms with Gasteiger partial charge in [-0.15, -0.1) is 0 Å². The largest absolute Gasteiger partial charge is 0.497 e. The third-order valence-electron chi connectivity index (χ3n) is 3.17. The fourth-order valence-electron chi connectivity index (χ4n) is 2.07. The first-order valence-corrected chi connectivity index (χ1v) is 6.72. The van der Waals surface area contributed by atoms with Crippen molar-refractivity contribution in [2.75, 3.05) is 26.3 Å². The molecule has 0 aliphatic heterocycles. The standard InChI is InChI=1S/C15H21N3O3/c1-10(8-19-2)21-9-12-6-11-4-5-13(20-3)7-14(11)17-15(12)18-16/h4-7,10H,8-9,16H2,1-3H3,(H,17,18). The number of nitrogens with zero attached hydrogens (tertiary/aromatic N) is 1. The molecule has 1 atom stereocenters. The molecular formula is C15H21N3O3. The van der Waals surface area contributed by atoms with Crippen LogP contribution in [-0.4, -0.2) is 31.9 Å². The van der Waals surface area contributed by atoms with Crippen LogP contribution in [0.4, 0.5) is 5.82 Å². The van der Waals surface area contributed by atoms with Crippen LogP contribution in [0, 0.1) is 0 Å². The summed E-state index contributed by atoms with van der Waals surface area (Å²) >= 11 is 0. The highest BCUT2D eigenvalue weighted by atomic mass is 16.5. The Morgan fingerprint density at radius 3 is 2.76 bits per heavy atom. The summed E-state index contributed by atoms with van der Waals surface area (Å²) in [5, 5.41) is 1.01. The van der Waals surface area contributed by atoms with Crippen LogP contribution in [-0.2, 0) is 16.1 Å². The Balaban J connectivity index is 2.26. The van der Waals surface area contributed by atoms with Crippen molar-refractivity contribution >= 4 is 16.7 Å². The van der Waals surface area contributed by atoms with Crippen LogP contribution in [0.2, 0.25) is 0 Å². The average Bonchev–Trinajstić information content (AvgIpc) is 2.51. The van der Waals surface area contributed by atoms with E-state index in [1.54, 1.807) is 14.2 Å². The highest BCUT2D eigenvalue weighted by Crippen LogP contribution is 2.24. The highest BCUT2D eigenvalue weighted by molar-refractivity contribution is 5.83. The van der Waals surface area contributed by atoms with E-state index in [2.05, 4.69) is 10.4 Å². The molecule has 1 aromatic carbocycles. The van der Waals surface area contributed by atoms with Gasteiger partial charge in [0.2, 0.25) is 0 Å². The molecule has 1 aromatic heterocycles. The Labute approximate surface area is 124 Å². The van der Waals surface area contributed by atoms with Crippen LogP contribution in [0.5, 0.6) is 5.75 Å². The number of rotatable bonds is 7. The molecule has 6 nitrogen and oxygen atoms in total. The van der Waals surface area contributed by atoms with Gasteiger partial charge in [-0.25, -0.2) is 10.8 Å². The zero-order valence-corrected chi connectivity index (χ0v) is 12.6. The van der Waals surface area contributed by atoms with E-state index in [-0.39, 0.29) is 6.10 Å². The Hall–Kier alpha value is -1.89. The summed E-state index contributed by atoms with van der Waals surface area (Å²) in [5.41, 5.74) is 4.33. The van der Waals surface area contributed by atoms with Crippen LogP contribution in [0.25, 0.3) is 10.9 Å². The van der Waals surface area contributed by atoms with Gasteiger partial charge in [0.15, 0.2) is 0 Å². The zero-order chi connectivity index (χ0) is 15.2. The second-order valence-electron chi connectivity index (χ2n) is 4.78. The molecule has 0 bridgehead atoms. The number of anilines is 1. The molecule has 0 saturated heterocycles. The number of benzene rings is 1. The molecule has 0 saturated carbocycles. The summed E-state index contributed by atoms with van der Waals surface area (Å²) in [7, 11) is 3.28. The van der Waals surface area contributed by atoms with Gasteiger partial charge < -0.3 is 19.6 Å². The third kappa shape index (κ3) is 3.81. The predicted molar refractivity (Wildman–Crippen MR) is 82.2 cm³/mol. The number of hydrogen-bond donors (Lipinski definition) is 2. The lowest BCUT2D eigenvalue weighted by atomic mass is 10.1. The van der Waals surface area contributed by atoms with E-state index in [4.69, 9.17) is 20.1 Å². The van der Waals surface area contributed by atoms with Gasteiger partial charge in [-0.3, -0.25) is 0 Å². The van der Waals surface area contributed by atoms with Gasteiger partial charge in [-0.05, 0) is 25.1 Å². The second-order valence-corrected chi connectivity index (χ2v) is 4.78. The Bertz CT molecular complexity index is 604. The lowest BCUT2D eigenvalue weighted by molar-refractivity contribution is 0.0000354. The first kappa shape index (κ1) is 15.5. The van der Waals surface area contributed by atoms with Gasteiger partial charge >= 0.3 is 0 Å². The number of hydrazine groups is 1. The summed E-state index contributed by atoms with van der Waals surface area (Å²) in [4.78, 5) is 4.50. The maximum atomic E-state index is 5.72. The molecule has 1 heterocycles. The van der Waals surface area contributed by atoms with Gasteiger partial charge in [0.25, 0.3) is 0 Å². The lowest BCUT2D eigenvalue weighted by Gasteiger charge is -2.14. The molecule has 0 amide bonds. The highest BCUT2D eigenvalue weighted by Gasteiger charge is 2.09. The van der Waals surface area contributed by atoms with E-state index >= 15 is 0 Å². The summed E-state index contributed by atoms with van der Waals surface area (Å²) in [6.07, 6.45) is 0.00666. The van der Waals surface area contributed by atoms with Crippen molar-refractivity contribution in [3.05, 3.63) is 29.8 Å². The molecule has 6 heteroatoms. The summed E-state index contributed by atoms with van der Waals surface area (Å²) in [6, 6.07) is 7.74. The number of nitrogens with one attached hydrogen (secondary N) is 1. The number of fused-ring (bicyclic) bond motifs is 1. The van der Waals surface area contributed by atoms with E-state index < -0.39 is 0 Å². The van der Waals surface area contributed by atoms with E-state index in [1.165, 1.54) is 0 Å². The van der Waals surface area contributed by atoms with Crippen molar-refractivity contribution in [3.63, 3.8) is 0 Å². The Morgan fingerprint density at radius 2 is 2.10 bits per heavy atom. The van der Waals surface area contributed by atoms with Gasteiger partial charge in [0.05, 0.1) is 31.9 Å². The van der Waals surface area contributed by atoms with Crippen molar-refractivity contribution < 1.29 is 14.2 Å². The minimum absolute atomic E-state index is 0.00666. The van der Waals surface area contributed by atoms with Crippen LogP contribution >= 0.6 is 0 Å². The molecule has 0 spiro atoms. The maximum Gasteiger partial charge on any atom is 0.146 e. The molecular weight excluding hydrogens is 270 g/mol. The minimum Gasteiger partial charge on any atom is -0.497 e. The van der Waals surface area contributed by atoms with Crippen LogP contribution in [0.3, 0.4) is 0 Å². The van der Waals surface area contributed by atoms with Crippen molar-refractivity contribution in [2.24, 2.45) is 5.84 Å². The van der Waals surface area contributed by atoms with E-state index in [1.807, 2.05) is 31.2 Å². The summed E-state index contributed by atoms with van der Waals surface area (Å²) in [6.45, 7) is 2.92. The predicted octanol–water partition coefficient (Wildman–Crippen LogP) is 2.08. The van der Waals surface area contributed by atoms with Gasteiger partial charge in [-0.2, -0.15) is 0 Å². The fraction of sp³-hybridized carbons (Fsp3) is 0.400.